The maximum Gasteiger partial charge on any atom is 0.416 e. The van der Waals surface area contributed by atoms with Crippen molar-refractivity contribution in [3.63, 3.8) is 0 Å². The summed E-state index contributed by atoms with van der Waals surface area (Å²) in [6.45, 7) is 0.366. The van der Waals surface area contributed by atoms with Crippen LogP contribution in [0.5, 0.6) is 5.88 Å². The zero-order valence-electron chi connectivity index (χ0n) is 16.4. The van der Waals surface area contributed by atoms with Crippen LogP contribution in [0.2, 0.25) is 0 Å². The number of amides is 2. The Kier molecular flexibility index (Phi) is 5.85. The minimum Gasteiger partial charge on any atom is -0.481 e. The van der Waals surface area contributed by atoms with Crippen molar-refractivity contribution in [3.8, 4) is 5.88 Å². The lowest BCUT2D eigenvalue weighted by Gasteiger charge is -2.22. The number of anilines is 1. The second-order valence-corrected chi connectivity index (χ2v) is 7.00. The number of methoxy groups -OCH3 is 1. The van der Waals surface area contributed by atoms with Gasteiger partial charge in [-0.1, -0.05) is 0 Å². The van der Waals surface area contributed by atoms with Crippen molar-refractivity contribution in [1.82, 2.24) is 24.9 Å². The number of ether oxygens (including phenoxy) is 2. The van der Waals surface area contributed by atoms with Crippen LogP contribution < -0.4 is 15.0 Å². The van der Waals surface area contributed by atoms with Crippen LogP contribution in [0.3, 0.4) is 0 Å². The fourth-order valence-electron chi connectivity index (χ4n) is 3.27. The number of nitrogens with zero attached hydrogens (tertiary/aromatic N) is 5. The van der Waals surface area contributed by atoms with Crippen LogP contribution in [0.4, 0.5) is 15.0 Å². The van der Waals surface area contributed by atoms with E-state index in [-0.39, 0.29) is 35.4 Å². The van der Waals surface area contributed by atoms with Crippen molar-refractivity contribution in [2.45, 2.75) is 12.5 Å². The molecule has 1 N–H and O–H groups in total. The van der Waals surface area contributed by atoms with Gasteiger partial charge in [-0.05, 0) is 18.6 Å². The van der Waals surface area contributed by atoms with Gasteiger partial charge in [0.05, 0.1) is 19.5 Å². The van der Waals surface area contributed by atoms with Gasteiger partial charge in [0.2, 0.25) is 5.88 Å². The summed E-state index contributed by atoms with van der Waals surface area (Å²) in [5, 5.41) is 6.87. The summed E-state index contributed by atoms with van der Waals surface area (Å²) in [4.78, 5) is 34.6. The second-order valence-electron chi connectivity index (χ2n) is 6.63. The zero-order chi connectivity index (χ0) is 22.0. The maximum atomic E-state index is 13.9. The van der Waals surface area contributed by atoms with Crippen LogP contribution in [0.1, 0.15) is 28.4 Å². The number of carbonyl (C=O) groups is 2. The van der Waals surface area contributed by atoms with Crippen LogP contribution in [0.25, 0.3) is 5.65 Å². The number of cyclic esters (lactones) is 1. The van der Waals surface area contributed by atoms with Gasteiger partial charge in [0, 0.05) is 24.2 Å². The minimum absolute atomic E-state index is 0.0434. The van der Waals surface area contributed by atoms with Gasteiger partial charge in [-0.2, -0.15) is 5.10 Å². The Labute approximate surface area is 180 Å². The molecule has 1 unspecified atom stereocenters. The van der Waals surface area contributed by atoms with E-state index in [9.17, 15) is 14.0 Å². The molecule has 3 aromatic heterocycles. The molecular weight excluding hydrogens is 431 g/mol. The number of hydrogen-bond donors (Lipinski definition) is 1. The Hall–Kier alpha value is -3.47. The predicted molar refractivity (Wildman–Crippen MR) is 108 cm³/mol. The fourth-order valence-corrected chi connectivity index (χ4v) is 3.41. The van der Waals surface area contributed by atoms with Gasteiger partial charge in [0.1, 0.15) is 29.8 Å². The van der Waals surface area contributed by atoms with E-state index in [0.717, 1.165) is 6.20 Å². The molecule has 0 radical (unpaired) electrons. The molecule has 1 fully saturated rings. The summed E-state index contributed by atoms with van der Waals surface area (Å²) in [6.07, 6.45) is 3.94. The van der Waals surface area contributed by atoms with Crippen molar-refractivity contribution >= 4 is 35.1 Å². The van der Waals surface area contributed by atoms with Crippen molar-refractivity contribution in [1.29, 1.82) is 0 Å². The Balaban J connectivity index is 1.71. The van der Waals surface area contributed by atoms with Gasteiger partial charge in [0.25, 0.3) is 5.91 Å². The molecule has 12 heteroatoms. The summed E-state index contributed by atoms with van der Waals surface area (Å²) in [5.74, 6) is -0.137. The molecule has 0 spiro atoms. The van der Waals surface area contributed by atoms with Crippen LogP contribution in [-0.2, 0) is 4.74 Å². The summed E-state index contributed by atoms with van der Waals surface area (Å²) in [5.41, 5.74) is 0.830. The molecule has 0 bridgehead atoms. The molecule has 2 amide bonds. The number of aromatic nitrogens is 4. The smallest absolute Gasteiger partial charge is 0.416 e. The lowest BCUT2D eigenvalue weighted by atomic mass is 10.1. The van der Waals surface area contributed by atoms with Gasteiger partial charge in [0.15, 0.2) is 5.65 Å². The van der Waals surface area contributed by atoms with E-state index >= 15 is 0 Å². The van der Waals surface area contributed by atoms with Crippen LogP contribution >= 0.6 is 11.6 Å². The quantitative estimate of drug-likeness (QED) is 0.436. The maximum absolute atomic E-state index is 13.9. The van der Waals surface area contributed by atoms with Gasteiger partial charge in [-0.25, -0.2) is 23.7 Å². The summed E-state index contributed by atoms with van der Waals surface area (Å²) >= 11 is 5.64. The average molecular weight is 449 g/mol. The molecule has 0 aliphatic carbocycles. The van der Waals surface area contributed by atoms with Gasteiger partial charge < -0.3 is 14.8 Å². The third-order valence-corrected chi connectivity index (χ3v) is 4.98. The van der Waals surface area contributed by atoms with Crippen LogP contribution in [-0.4, -0.2) is 57.7 Å². The Bertz CT molecular complexity index is 1140. The highest BCUT2D eigenvalue weighted by molar-refractivity contribution is 6.17. The Morgan fingerprint density at radius 3 is 3.06 bits per heavy atom. The average Bonchev–Trinajstić information content (AvgIpc) is 3.36. The molecule has 3 aromatic rings. The number of rotatable bonds is 7. The van der Waals surface area contributed by atoms with E-state index in [1.165, 1.54) is 28.8 Å². The Morgan fingerprint density at radius 2 is 2.29 bits per heavy atom. The first kappa shape index (κ1) is 20.8. The third kappa shape index (κ3) is 3.96. The summed E-state index contributed by atoms with van der Waals surface area (Å²) < 4.78 is 25.7. The fraction of sp³-hybridized carbons (Fsp3) is 0.316. The van der Waals surface area contributed by atoms with Gasteiger partial charge in [-0.15, -0.1) is 11.6 Å². The first-order valence-corrected chi connectivity index (χ1v) is 9.91. The number of hydrogen-bond acceptors (Lipinski definition) is 7. The summed E-state index contributed by atoms with van der Waals surface area (Å²) in [7, 11) is 1.40. The van der Waals surface area contributed by atoms with Crippen molar-refractivity contribution < 1.29 is 23.5 Å². The second kappa shape index (κ2) is 8.72. The third-order valence-electron chi connectivity index (χ3n) is 4.71. The highest BCUT2D eigenvalue weighted by Gasteiger charge is 2.39. The molecule has 1 saturated heterocycles. The summed E-state index contributed by atoms with van der Waals surface area (Å²) in [6, 6.07) is 2.07. The van der Waals surface area contributed by atoms with E-state index in [1.54, 1.807) is 12.3 Å². The molecule has 31 heavy (non-hydrogen) atoms. The van der Waals surface area contributed by atoms with E-state index in [0.29, 0.717) is 24.4 Å². The number of halogens is 2. The number of carbonyl (C=O) groups excluding carboxylic acids is 2. The van der Waals surface area contributed by atoms with E-state index < -0.39 is 18.0 Å². The van der Waals surface area contributed by atoms with Crippen molar-refractivity contribution in [3.05, 3.63) is 47.7 Å². The largest absolute Gasteiger partial charge is 0.481 e. The normalized spacial score (nSPS) is 15.9. The van der Waals surface area contributed by atoms with E-state index in [2.05, 4.69) is 20.4 Å². The molecule has 0 aromatic carbocycles. The molecule has 4 heterocycles. The van der Waals surface area contributed by atoms with E-state index in [4.69, 9.17) is 21.1 Å². The Morgan fingerprint density at radius 1 is 1.45 bits per heavy atom. The lowest BCUT2D eigenvalue weighted by Crippen LogP contribution is -2.29. The molecule has 162 valence electrons. The van der Waals surface area contributed by atoms with Crippen LogP contribution in [0, 0.1) is 5.82 Å². The SMILES string of the molecule is COc1ncc(F)cc1C1COC(=O)N1c1ccn2ncc(C(=O)NCCCCl)c2n1. The van der Waals surface area contributed by atoms with Gasteiger partial charge in [-0.3, -0.25) is 9.69 Å². The predicted octanol–water partition coefficient (Wildman–Crippen LogP) is 2.33. The highest BCUT2D eigenvalue weighted by atomic mass is 35.5. The van der Waals surface area contributed by atoms with Crippen LogP contribution in [0.15, 0.2) is 30.7 Å². The first-order valence-electron chi connectivity index (χ1n) is 9.37. The van der Waals surface area contributed by atoms with E-state index in [1.807, 2.05) is 0 Å². The number of nitrogens with one attached hydrogen (secondary N) is 1. The monoisotopic (exact) mass is 448 g/mol. The molecule has 1 aliphatic rings. The minimum atomic E-state index is -0.718. The van der Waals surface area contributed by atoms with Crippen molar-refractivity contribution in [2.75, 3.05) is 31.0 Å². The standard InChI is InChI=1S/C19H18ClFN6O4/c1-30-18-12(7-11(21)8-23-18)14-10-31-19(29)27(14)15-3-6-26-16(25-15)13(9-24-26)17(28)22-5-2-4-20/h3,6-9,14H,2,4-5,10H2,1H3,(H,22,28). The lowest BCUT2D eigenvalue weighted by molar-refractivity contribution is 0.0955. The zero-order valence-corrected chi connectivity index (χ0v) is 17.2. The first-order chi connectivity index (χ1) is 15.0. The molecule has 10 nitrogen and oxygen atoms in total. The van der Waals surface area contributed by atoms with Crippen molar-refractivity contribution in [2.24, 2.45) is 0 Å². The molecule has 1 aliphatic heterocycles. The van der Waals surface area contributed by atoms with Gasteiger partial charge >= 0.3 is 6.09 Å². The highest BCUT2D eigenvalue weighted by Crippen LogP contribution is 2.36. The topological polar surface area (TPSA) is 111 Å². The molecule has 0 saturated carbocycles. The number of pyridine rings is 1. The number of alkyl halides is 1. The molecule has 4 rings (SSSR count). The molecular formula is C19H18ClFN6O4. The molecule has 1 atom stereocenters. The number of fused-ring (bicyclic) bond motifs is 1.